The Labute approximate surface area is 205 Å². The lowest BCUT2D eigenvalue weighted by Gasteiger charge is -2.12. The Hall–Kier alpha value is -2.62. The van der Waals surface area contributed by atoms with Crippen LogP contribution in [0, 0.1) is 6.92 Å². The van der Waals surface area contributed by atoms with Crippen LogP contribution >= 0.6 is 43.6 Å². The van der Waals surface area contributed by atoms with Crippen LogP contribution in [0.2, 0.25) is 0 Å². The lowest BCUT2D eigenvalue weighted by atomic mass is 10.1. The van der Waals surface area contributed by atoms with E-state index in [1.165, 1.54) is 6.08 Å². The van der Waals surface area contributed by atoms with E-state index in [0.29, 0.717) is 17.2 Å². The first-order valence-electron chi connectivity index (χ1n) is 9.47. The molecule has 1 saturated heterocycles. The van der Waals surface area contributed by atoms with E-state index in [0.717, 1.165) is 36.7 Å². The normalized spacial score (nSPS) is 15.0. The summed E-state index contributed by atoms with van der Waals surface area (Å²) in [6.07, 6.45) is 1.52. The SMILES string of the molecule is Cc1ccc(-c2ccc(/C=C3\SC(=O)N(CC(=O)Nc4ccc(Br)cc4)C3=O)o2)c(Br)c1. The summed E-state index contributed by atoms with van der Waals surface area (Å²) in [5, 5.41) is 2.18. The second kappa shape index (κ2) is 9.48. The fourth-order valence-electron chi connectivity index (χ4n) is 3.04. The molecule has 3 aromatic rings. The summed E-state index contributed by atoms with van der Waals surface area (Å²) in [6.45, 7) is 1.63. The molecule has 162 valence electrons. The van der Waals surface area contributed by atoms with Crippen molar-refractivity contribution in [3.8, 4) is 11.3 Å². The van der Waals surface area contributed by atoms with Crippen LogP contribution in [-0.4, -0.2) is 28.5 Å². The summed E-state index contributed by atoms with van der Waals surface area (Å²) >= 11 is 7.64. The van der Waals surface area contributed by atoms with E-state index in [-0.39, 0.29) is 11.4 Å². The fraction of sp³-hybridized carbons (Fsp3) is 0.0870. The van der Waals surface area contributed by atoms with Gasteiger partial charge in [0.1, 0.15) is 18.1 Å². The number of halogens is 2. The van der Waals surface area contributed by atoms with Crippen LogP contribution in [0.5, 0.6) is 0 Å². The van der Waals surface area contributed by atoms with Crippen LogP contribution < -0.4 is 5.32 Å². The van der Waals surface area contributed by atoms with Gasteiger partial charge in [0.2, 0.25) is 5.91 Å². The molecule has 3 amide bonds. The number of aryl methyl sites for hydroxylation is 1. The number of hydrogen-bond donors (Lipinski definition) is 1. The van der Waals surface area contributed by atoms with Crippen molar-refractivity contribution in [1.82, 2.24) is 4.90 Å². The number of furan rings is 1. The number of anilines is 1. The number of benzene rings is 2. The van der Waals surface area contributed by atoms with Gasteiger partial charge in [0.25, 0.3) is 11.1 Å². The van der Waals surface area contributed by atoms with Gasteiger partial charge >= 0.3 is 0 Å². The minimum atomic E-state index is -0.527. The molecular weight excluding hydrogens is 560 g/mol. The van der Waals surface area contributed by atoms with Crippen molar-refractivity contribution in [1.29, 1.82) is 0 Å². The minimum absolute atomic E-state index is 0.204. The Morgan fingerprint density at radius 1 is 1.09 bits per heavy atom. The molecule has 2 aromatic carbocycles. The Balaban J connectivity index is 1.46. The molecule has 1 aromatic heterocycles. The highest BCUT2D eigenvalue weighted by Gasteiger charge is 2.36. The predicted octanol–water partition coefficient (Wildman–Crippen LogP) is 6.46. The molecule has 1 aliphatic heterocycles. The highest BCUT2D eigenvalue weighted by molar-refractivity contribution is 9.10. The molecular formula is C23H16Br2N2O4S. The molecule has 0 bridgehead atoms. The van der Waals surface area contributed by atoms with Crippen LogP contribution in [-0.2, 0) is 9.59 Å². The zero-order chi connectivity index (χ0) is 22.8. The maximum atomic E-state index is 12.7. The maximum Gasteiger partial charge on any atom is 0.294 e. The van der Waals surface area contributed by atoms with Gasteiger partial charge in [-0.05, 0) is 72.8 Å². The summed E-state index contributed by atoms with van der Waals surface area (Å²) in [4.78, 5) is 38.5. The van der Waals surface area contributed by atoms with Crippen LogP contribution in [0.15, 0.2) is 72.9 Å². The highest BCUT2D eigenvalue weighted by Crippen LogP contribution is 2.35. The molecule has 1 fully saturated rings. The molecule has 4 rings (SSSR count). The average molecular weight is 576 g/mol. The smallest absolute Gasteiger partial charge is 0.294 e. The minimum Gasteiger partial charge on any atom is -0.457 e. The average Bonchev–Trinajstić information content (AvgIpc) is 3.30. The Kier molecular flexibility index (Phi) is 6.68. The zero-order valence-corrected chi connectivity index (χ0v) is 20.7. The van der Waals surface area contributed by atoms with Crippen molar-refractivity contribution >= 4 is 72.4 Å². The number of carbonyl (C=O) groups is 3. The number of imide groups is 1. The topological polar surface area (TPSA) is 79.6 Å². The molecule has 32 heavy (non-hydrogen) atoms. The van der Waals surface area contributed by atoms with Crippen LogP contribution in [0.1, 0.15) is 11.3 Å². The number of hydrogen-bond acceptors (Lipinski definition) is 5. The largest absolute Gasteiger partial charge is 0.457 e. The lowest BCUT2D eigenvalue weighted by Crippen LogP contribution is -2.36. The fourth-order valence-corrected chi connectivity index (χ4v) is 4.81. The zero-order valence-electron chi connectivity index (χ0n) is 16.7. The van der Waals surface area contributed by atoms with Crippen LogP contribution in [0.4, 0.5) is 10.5 Å². The quantitative estimate of drug-likeness (QED) is 0.353. The van der Waals surface area contributed by atoms with E-state index < -0.39 is 17.1 Å². The van der Waals surface area contributed by atoms with Crippen molar-refractivity contribution < 1.29 is 18.8 Å². The van der Waals surface area contributed by atoms with E-state index in [4.69, 9.17) is 4.42 Å². The second-order valence-corrected chi connectivity index (χ2v) is 9.77. The molecule has 6 nitrogen and oxygen atoms in total. The van der Waals surface area contributed by atoms with Crippen molar-refractivity contribution in [3.05, 3.63) is 79.8 Å². The van der Waals surface area contributed by atoms with E-state index in [2.05, 4.69) is 37.2 Å². The molecule has 2 heterocycles. The predicted molar refractivity (Wildman–Crippen MR) is 132 cm³/mol. The number of nitrogens with one attached hydrogen (secondary N) is 1. The molecule has 0 aliphatic carbocycles. The number of carbonyl (C=O) groups excluding carboxylic acids is 3. The molecule has 1 N–H and O–H groups in total. The van der Waals surface area contributed by atoms with Crippen molar-refractivity contribution in [2.24, 2.45) is 0 Å². The van der Waals surface area contributed by atoms with Gasteiger partial charge in [0.15, 0.2) is 0 Å². The van der Waals surface area contributed by atoms with Gasteiger partial charge in [-0.2, -0.15) is 0 Å². The lowest BCUT2D eigenvalue weighted by molar-refractivity contribution is -0.127. The van der Waals surface area contributed by atoms with Crippen LogP contribution in [0.3, 0.4) is 0 Å². The van der Waals surface area contributed by atoms with E-state index in [1.54, 1.807) is 36.4 Å². The van der Waals surface area contributed by atoms with E-state index in [9.17, 15) is 14.4 Å². The monoisotopic (exact) mass is 574 g/mol. The molecule has 0 spiro atoms. The number of amides is 3. The van der Waals surface area contributed by atoms with Gasteiger partial charge in [0, 0.05) is 26.3 Å². The highest BCUT2D eigenvalue weighted by atomic mass is 79.9. The Morgan fingerprint density at radius 2 is 1.84 bits per heavy atom. The molecule has 9 heteroatoms. The first-order chi connectivity index (χ1) is 15.3. The molecule has 0 unspecified atom stereocenters. The molecule has 0 radical (unpaired) electrons. The van der Waals surface area contributed by atoms with Gasteiger partial charge in [-0.15, -0.1) is 0 Å². The van der Waals surface area contributed by atoms with Gasteiger partial charge in [0.05, 0.1) is 4.91 Å². The maximum absolute atomic E-state index is 12.7. The van der Waals surface area contributed by atoms with Gasteiger partial charge < -0.3 is 9.73 Å². The summed E-state index contributed by atoms with van der Waals surface area (Å²) in [5.74, 6) is 0.0920. The summed E-state index contributed by atoms with van der Waals surface area (Å²) in [7, 11) is 0. The third-order valence-corrected chi connectivity index (χ3v) is 6.69. The summed E-state index contributed by atoms with van der Waals surface area (Å²) in [5.41, 5.74) is 2.57. The first-order valence-corrected chi connectivity index (χ1v) is 11.9. The Bertz CT molecular complexity index is 1250. The molecule has 0 atom stereocenters. The Morgan fingerprint density at radius 3 is 2.56 bits per heavy atom. The third-order valence-electron chi connectivity index (χ3n) is 4.59. The third kappa shape index (κ3) is 5.06. The van der Waals surface area contributed by atoms with E-state index in [1.807, 2.05) is 25.1 Å². The number of thioether (sulfide) groups is 1. The van der Waals surface area contributed by atoms with Crippen molar-refractivity contribution in [2.45, 2.75) is 6.92 Å². The summed E-state index contributed by atoms with van der Waals surface area (Å²) in [6, 6.07) is 16.5. The number of rotatable bonds is 5. The number of nitrogens with zero attached hydrogens (tertiary/aromatic N) is 1. The van der Waals surface area contributed by atoms with E-state index >= 15 is 0 Å². The molecule has 0 saturated carbocycles. The van der Waals surface area contributed by atoms with Crippen molar-refractivity contribution in [3.63, 3.8) is 0 Å². The van der Waals surface area contributed by atoms with Gasteiger partial charge in [-0.25, -0.2) is 0 Å². The first kappa shape index (κ1) is 22.6. The molecule has 1 aliphatic rings. The van der Waals surface area contributed by atoms with Crippen molar-refractivity contribution in [2.75, 3.05) is 11.9 Å². The second-order valence-electron chi connectivity index (χ2n) is 7.01. The van der Waals surface area contributed by atoms with Crippen LogP contribution in [0.25, 0.3) is 17.4 Å². The van der Waals surface area contributed by atoms with Gasteiger partial charge in [-0.1, -0.05) is 37.9 Å². The summed E-state index contributed by atoms with van der Waals surface area (Å²) < 4.78 is 7.63. The van der Waals surface area contributed by atoms with Gasteiger partial charge in [-0.3, -0.25) is 19.3 Å². The standard InChI is InChI=1S/C23H16Br2N2O4S/c1-13-2-8-17(18(25)10-13)19-9-7-16(31-19)11-20-22(29)27(23(30)32-20)12-21(28)26-15-5-3-14(24)4-6-15/h2-11H,12H2,1H3,(H,26,28)/b20-11-.